The van der Waals surface area contributed by atoms with Crippen LogP contribution < -0.4 is 5.32 Å². The molecule has 2 aromatic carbocycles. The Balaban J connectivity index is 1.74. The first-order valence-corrected chi connectivity index (χ1v) is 7.84. The van der Waals surface area contributed by atoms with Gasteiger partial charge in [0.15, 0.2) is 0 Å². The van der Waals surface area contributed by atoms with Crippen LogP contribution in [-0.4, -0.2) is 17.8 Å². The number of hydrogen-bond donors (Lipinski definition) is 2. The summed E-state index contributed by atoms with van der Waals surface area (Å²) in [6, 6.07) is 21.4. The van der Waals surface area contributed by atoms with Crippen molar-refractivity contribution in [2.24, 2.45) is 5.92 Å². The van der Waals surface area contributed by atoms with Gasteiger partial charge in [0.1, 0.15) is 0 Å². The zero-order chi connectivity index (χ0) is 14.5. The Bertz CT molecular complexity index is 501. The molecule has 2 unspecified atom stereocenters. The number of aliphatic hydroxyl groups excluding tert-OH is 1. The van der Waals surface area contributed by atoms with Crippen molar-refractivity contribution in [1.29, 1.82) is 0 Å². The van der Waals surface area contributed by atoms with Crippen molar-refractivity contribution < 1.29 is 5.11 Å². The van der Waals surface area contributed by atoms with Gasteiger partial charge in [-0.3, -0.25) is 0 Å². The van der Waals surface area contributed by atoms with Gasteiger partial charge in [-0.15, -0.1) is 0 Å². The topological polar surface area (TPSA) is 32.3 Å². The molecule has 2 nitrogen and oxygen atoms in total. The number of aliphatic hydroxyl groups is 1. The normalized spacial score (nSPS) is 21.8. The first-order chi connectivity index (χ1) is 10.3. The van der Waals surface area contributed by atoms with Gasteiger partial charge in [0.05, 0.1) is 12.1 Å². The van der Waals surface area contributed by atoms with Crippen LogP contribution in [0.2, 0.25) is 0 Å². The van der Waals surface area contributed by atoms with Crippen molar-refractivity contribution in [3.05, 3.63) is 71.8 Å². The maximum Gasteiger partial charge on any atom is 0.0576 e. The van der Waals surface area contributed by atoms with Crippen molar-refractivity contribution in [2.75, 3.05) is 6.54 Å². The minimum Gasteiger partial charge on any atom is -0.393 e. The molecule has 3 rings (SSSR count). The molecule has 0 heterocycles. The van der Waals surface area contributed by atoms with E-state index in [4.69, 9.17) is 0 Å². The lowest BCUT2D eigenvalue weighted by Gasteiger charge is -2.22. The van der Waals surface area contributed by atoms with Gasteiger partial charge in [0, 0.05) is 0 Å². The maximum absolute atomic E-state index is 9.67. The second-order valence-corrected chi connectivity index (χ2v) is 6.00. The van der Waals surface area contributed by atoms with Crippen molar-refractivity contribution in [2.45, 2.75) is 31.4 Å². The summed E-state index contributed by atoms with van der Waals surface area (Å²) in [5.74, 6) is 0.593. The smallest absolute Gasteiger partial charge is 0.0576 e. The molecule has 2 aromatic rings. The lowest BCUT2D eigenvalue weighted by atomic mass is 9.97. The van der Waals surface area contributed by atoms with Crippen LogP contribution in [-0.2, 0) is 0 Å². The molecule has 2 heteroatoms. The molecule has 0 spiro atoms. The molecule has 2 atom stereocenters. The van der Waals surface area contributed by atoms with Crippen LogP contribution in [0.3, 0.4) is 0 Å². The molecule has 0 amide bonds. The van der Waals surface area contributed by atoms with E-state index >= 15 is 0 Å². The minimum absolute atomic E-state index is 0.0938. The average Bonchev–Trinajstić information content (AvgIpc) is 2.95. The summed E-state index contributed by atoms with van der Waals surface area (Å²) in [6.45, 7) is 0.964. The van der Waals surface area contributed by atoms with E-state index < -0.39 is 0 Å². The van der Waals surface area contributed by atoms with Crippen molar-refractivity contribution in [3.63, 3.8) is 0 Å². The van der Waals surface area contributed by atoms with Crippen molar-refractivity contribution in [3.8, 4) is 0 Å². The van der Waals surface area contributed by atoms with Gasteiger partial charge >= 0.3 is 0 Å². The van der Waals surface area contributed by atoms with Gasteiger partial charge in [-0.1, -0.05) is 60.7 Å². The zero-order valence-corrected chi connectivity index (χ0v) is 12.3. The molecule has 0 aromatic heterocycles. The fraction of sp³-hybridized carbons (Fsp3) is 0.368. The Morgan fingerprint density at radius 3 is 1.95 bits per heavy atom. The highest BCUT2D eigenvalue weighted by Gasteiger charge is 2.24. The van der Waals surface area contributed by atoms with Crippen LogP contribution in [0.5, 0.6) is 0 Å². The van der Waals surface area contributed by atoms with E-state index in [0.29, 0.717) is 5.92 Å². The molecule has 1 fully saturated rings. The number of rotatable bonds is 5. The Kier molecular flexibility index (Phi) is 4.69. The molecule has 1 saturated carbocycles. The van der Waals surface area contributed by atoms with Gasteiger partial charge in [0.25, 0.3) is 0 Å². The summed E-state index contributed by atoms with van der Waals surface area (Å²) < 4.78 is 0. The monoisotopic (exact) mass is 281 g/mol. The lowest BCUT2D eigenvalue weighted by molar-refractivity contribution is 0.177. The van der Waals surface area contributed by atoms with Gasteiger partial charge in [-0.25, -0.2) is 0 Å². The quantitative estimate of drug-likeness (QED) is 0.879. The summed E-state index contributed by atoms with van der Waals surface area (Å²) >= 11 is 0. The summed E-state index contributed by atoms with van der Waals surface area (Å²) in [6.07, 6.45) is 2.92. The van der Waals surface area contributed by atoms with E-state index in [2.05, 4.69) is 66.0 Å². The largest absolute Gasteiger partial charge is 0.393 e. The molecule has 0 radical (unpaired) electrons. The SMILES string of the molecule is OC1CCC(CNC(c2ccccc2)c2ccccc2)C1. The van der Waals surface area contributed by atoms with Crippen LogP contribution in [0.25, 0.3) is 0 Å². The summed E-state index contributed by atoms with van der Waals surface area (Å²) in [4.78, 5) is 0. The zero-order valence-electron chi connectivity index (χ0n) is 12.3. The van der Waals surface area contributed by atoms with Crippen LogP contribution in [0.15, 0.2) is 60.7 Å². The Labute approximate surface area is 126 Å². The highest BCUT2D eigenvalue weighted by molar-refractivity contribution is 5.31. The van der Waals surface area contributed by atoms with Crippen LogP contribution >= 0.6 is 0 Å². The van der Waals surface area contributed by atoms with Gasteiger partial charge in [-0.05, 0) is 42.9 Å². The summed E-state index contributed by atoms with van der Waals surface area (Å²) in [7, 11) is 0. The molecule has 1 aliphatic carbocycles. The fourth-order valence-corrected chi connectivity index (χ4v) is 3.24. The first-order valence-electron chi connectivity index (χ1n) is 7.84. The Morgan fingerprint density at radius 2 is 1.48 bits per heavy atom. The third-order valence-electron chi connectivity index (χ3n) is 4.39. The second kappa shape index (κ2) is 6.88. The number of nitrogens with one attached hydrogen (secondary N) is 1. The molecular weight excluding hydrogens is 258 g/mol. The second-order valence-electron chi connectivity index (χ2n) is 6.00. The molecular formula is C19H23NO. The van der Waals surface area contributed by atoms with Gasteiger partial charge in [-0.2, -0.15) is 0 Å². The predicted octanol–water partition coefficient (Wildman–Crippen LogP) is 3.53. The third-order valence-corrected chi connectivity index (χ3v) is 4.39. The first kappa shape index (κ1) is 14.3. The van der Waals surface area contributed by atoms with Crippen LogP contribution in [0.4, 0.5) is 0 Å². The molecule has 1 aliphatic rings. The van der Waals surface area contributed by atoms with Crippen molar-refractivity contribution >= 4 is 0 Å². The summed E-state index contributed by atoms with van der Waals surface area (Å²) in [5.41, 5.74) is 2.59. The van der Waals surface area contributed by atoms with Crippen molar-refractivity contribution in [1.82, 2.24) is 5.32 Å². The Morgan fingerprint density at radius 1 is 0.905 bits per heavy atom. The molecule has 0 aliphatic heterocycles. The van der Waals surface area contributed by atoms with E-state index in [1.165, 1.54) is 11.1 Å². The third kappa shape index (κ3) is 3.72. The molecule has 0 bridgehead atoms. The van der Waals surface area contributed by atoms with Gasteiger partial charge < -0.3 is 10.4 Å². The predicted molar refractivity (Wildman–Crippen MR) is 86.1 cm³/mol. The molecule has 21 heavy (non-hydrogen) atoms. The van der Waals surface area contributed by atoms with E-state index in [9.17, 15) is 5.11 Å². The highest BCUT2D eigenvalue weighted by Crippen LogP contribution is 2.27. The average molecular weight is 281 g/mol. The van der Waals surface area contributed by atoms with E-state index in [0.717, 1.165) is 25.8 Å². The molecule has 2 N–H and O–H groups in total. The molecule has 110 valence electrons. The fourth-order valence-electron chi connectivity index (χ4n) is 3.24. The highest BCUT2D eigenvalue weighted by atomic mass is 16.3. The number of hydrogen-bond acceptors (Lipinski definition) is 2. The lowest BCUT2D eigenvalue weighted by Crippen LogP contribution is -2.27. The van der Waals surface area contributed by atoms with E-state index in [1.54, 1.807) is 0 Å². The number of benzene rings is 2. The van der Waals surface area contributed by atoms with Gasteiger partial charge in [0.2, 0.25) is 0 Å². The standard InChI is InChI=1S/C19H23NO/c21-18-12-11-15(13-18)14-20-19(16-7-3-1-4-8-16)17-9-5-2-6-10-17/h1-10,15,18-21H,11-14H2. The van der Waals surface area contributed by atoms with E-state index in [-0.39, 0.29) is 12.1 Å². The summed E-state index contributed by atoms with van der Waals surface area (Å²) in [5, 5.41) is 13.4. The van der Waals surface area contributed by atoms with Crippen LogP contribution in [0, 0.1) is 5.92 Å². The Hall–Kier alpha value is -1.64. The van der Waals surface area contributed by atoms with Crippen LogP contribution in [0.1, 0.15) is 36.4 Å². The minimum atomic E-state index is -0.0938. The maximum atomic E-state index is 9.67. The molecule has 0 saturated heterocycles. The van der Waals surface area contributed by atoms with E-state index in [1.807, 2.05) is 0 Å².